The second kappa shape index (κ2) is 10.1. The van der Waals surface area contributed by atoms with Crippen molar-refractivity contribution in [2.75, 3.05) is 13.7 Å². The molecule has 1 fully saturated rings. The first kappa shape index (κ1) is 23.7. The molecule has 1 N–H and O–H groups in total. The van der Waals surface area contributed by atoms with Crippen LogP contribution in [0.3, 0.4) is 0 Å². The summed E-state index contributed by atoms with van der Waals surface area (Å²) >= 11 is 17.2. The van der Waals surface area contributed by atoms with E-state index in [1.807, 2.05) is 26.0 Å². The lowest BCUT2D eigenvalue weighted by Crippen LogP contribution is -2.19. The van der Waals surface area contributed by atoms with Gasteiger partial charge in [-0.3, -0.25) is 4.79 Å². The maximum absolute atomic E-state index is 12.4. The zero-order valence-corrected chi connectivity index (χ0v) is 20.6. The zero-order valence-electron chi connectivity index (χ0n) is 16.7. The van der Waals surface area contributed by atoms with Crippen LogP contribution >= 0.6 is 50.9 Å². The maximum Gasteiger partial charge on any atom is 0.343 e. The van der Waals surface area contributed by atoms with Gasteiger partial charge in [0, 0.05) is 4.47 Å². The second-order valence-corrected chi connectivity index (χ2v) is 9.19. The van der Waals surface area contributed by atoms with Crippen molar-refractivity contribution in [1.29, 1.82) is 0 Å². The topological polar surface area (TPSA) is 77.0 Å². The SMILES string of the molecule is COC(=O)COc1c(Cl)cc(/C=C2\SC(=Nc3cc(C)c(Br)c(C)c3)NC2=O)cc1Cl. The minimum atomic E-state index is -0.555. The molecule has 0 spiro atoms. The second-order valence-electron chi connectivity index (χ2n) is 6.55. The number of methoxy groups -OCH3 is 1. The molecule has 0 saturated carbocycles. The Morgan fingerprint density at radius 1 is 1.19 bits per heavy atom. The van der Waals surface area contributed by atoms with E-state index in [-0.39, 0.29) is 28.3 Å². The van der Waals surface area contributed by atoms with Gasteiger partial charge in [0.1, 0.15) is 0 Å². The van der Waals surface area contributed by atoms with Gasteiger partial charge in [-0.15, -0.1) is 0 Å². The number of aliphatic imine (C=N–C) groups is 1. The molecule has 31 heavy (non-hydrogen) atoms. The number of thioether (sulfide) groups is 1. The molecular weight excluding hydrogens is 527 g/mol. The molecule has 6 nitrogen and oxygen atoms in total. The molecule has 3 rings (SSSR count). The van der Waals surface area contributed by atoms with Crippen LogP contribution in [0.4, 0.5) is 5.69 Å². The zero-order chi connectivity index (χ0) is 22.7. The van der Waals surface area contributed by atoms with Crippen molar-refractivity contribution in [3.05, 3.63) is 60.4 Å². The number of ether oxygens (including phenoxy) is 2. The summed E-state index contributed by atoms with van der Waals surface area (Å²) in [6, 6.07) is 7.06. The summed E-state index contributed by atoms with van der Waals surface area (Å²) < 4.78 is 10.9. The van der Waals surface area contributed by atoms with Crippen LogP contribution in [0.2, 0.25) is 10.0 Å². The van der Waals surface area contributed by atoms with E-state index in [0.717, 1.165) is 21.3 Å². The Hall–Kier alpha value is -2.00. The van der Waals surface area contributed by atoms with Crippen LogP contribution in [0.15, 0.2) is 38.6 Å². The van der Waals surface area contributed by atoms with Gasteiger partial charge in [-0.2, -0.15) is 0 Å². The summed E-state index contributed by atoms with van der Waals surface area (Å²) in [5.74, 6) is -0.657. The number of aryl methyl sites for hydroxylation is 2. The van der Waals surface area contributed by atoms with Gasteiger partial charge >= 0.3 is 5.97 Å². The van der Waals surface area contributed by atoms with Crippen molar-refractivity contribution < 1.29 is 19.1 Å². The lowest BCUT2D eigenvalue weighted by molar-refractivity contribution is -0.142. The lowest BCUT2D eigenvalue weighted by atomic mass is 10.1. The molecule has 0 radical (unpaired) electrons. The van der Waals surface area contributed by atoms with E-state index < -0.39 is 5.97 Å². The Morgan fingerprint density at radius 2 is 1.81 bits per heavy atom. The lowest BCUT2D eigenvalue weighted by Gasteiger charge is -2.10. The third kappa shape index (κ3) is 5.83. The number of esters is 1. The summed E-state index contributed by atoms with van der Waals surface area (Å²) in [5.41, 5.74) is 3.47. The van der Waals surface area contributed by atoms with Crippen LogP contribution in [-0.4, -0.2) is 30.8 Å². The summed E-state index contributed by atoms with van der Waals surface area (Å²) in [4.78, 5) is 28.6. The van der Waals surface area contributed by atoms with Crippen LogP contribution in [0, 0.1) is 13.8 Å². The molecule has 2 aromatic rings. The molecule has 0 atom stereocenters. The highest BCUT2D eigenvalue weighted by Gasteiger charge is 2.24. The van der Waals surface area contributed by atoms with Gasteiger partial charge in [0.2, 0.25) is 0 Å². The van der Waals surface area contributed by atoms with E-state index >= 15 is 0 Å². The van der Waals surface area contributed by atoms with E-state index in [1.165, 1.54) is 18.9 Å². The van der Waals surface area contributed by atoms with Crippen LogP contribution in [0.1, 0.15) is 16.7 Å². The molecule has 10 heteroatoms. The number of nitrogens with one attached hydrogen (secondary N) is 1. The molecule has 0 unspecified atom stereocenters. The van der Waals surface area contributed by atoms with E-state index in [9.17, 15) is 9.59 Å². The highest BCUT2D eigenvalue weighted by molar-refractivity contribution is 9.10. The van der Waals surface area contributed by atoms with E-state index in [2.05, 4.69) is 31.0 Å². The average Bonchev–Trinajstić information content (AvgIpc) is 3.03. The van der Waals surface area contributed by atoms with Crippen LogP contribution in [0.5, 0.6) is 5.75 Å². The number of carbonyl (C=O) groups excluding carboxylic acids is 2. The first-order valence-corrected chi connectivity index (χ1v) is 11.3. The molecule has 1 heterocycles. The largest absolute Gasteiger partial charge is 0.479 e. The van der Waals surface area contributed by atoms with Crippen molar-refractivity contribution in [1.82, 2.24) is 5.32 Å². The number of benzene rings is 2. The van der Waals surface area contributed by atoms with Gasteiger partial charge in [0.15, 0.2) is 17.5 Å². The van der Waals surface area contributed by atoms with Crippen LogP contribution < -0.4 is 10.1 Å². The van der Waals surface area contributed by atoms with Gasteiger partial charge < -0.3 is 14.8 Å². The Balaban J connectivity index is 1.81. The quantitative estimate of drug-likeness (QED) is 0.380. The fourth-order valence-electron chi connectivity index (χ4n) is 2.73. The van der Waals surface area contributed by atoms with E-state index in [4.69, 9.17) is 27.9 Å². The number of hydrogen-bond donors (Lipinski definition) is 1. The molecule has 0 aromatic heterocycles. The Kier molecular flexibility index (Phi) is 7.69. The van der Waals surface area contributed by atoms with E-state index in [0.29, 0.717) is 15.6 Å². The highest BCUT2D eigenvalue weighted by atomic mass is 79.9. The van der Waals surface area contributed by atoms with Crippen LogP contribution in [0.25, 0.3) is 6.08 Å². The minimum absolute atomic E-state index is 0.169. The summed E-state index contributed by atoms with van der Waals surface area (Å²) in [6.45, 7) is 3.65. The Bertz CT molecular complexity index is 1090. The van der Waals surface area contributed by atoms with Gasteiger partial charge in [-0.05, 0) is 72.6 Å². The number of amidine groups is 1. The fraction of sp³-hybridized carbons (Fsp3) is 0.190. The molecule has 1 aliphatic heterocycles. The first-order valence-electron chi connectivity index (χ1n) is 8.93. The van der Waals surface area contributed by atoms with Crippen molar-refractivity contribution in [2.24, 2.45) is 4.99 Å². The summed E-state index contributed by atoms with van der Waals surface area (Å²) in [6.07, 6.45) is 1.66. The van der Waals surface area contributed by atoms with Crippen molar-refractivity contribution in [2.45, 2.75) is 13.8 Å². The van der Waals surface area contributed by atoms with Crippen molar-refractivity contribution >= 4 is 79.7 Å². The van der Waals surface area contributed by atoms with Crippen molar-refractivity contribution in [3.63, 3.8) is 0 Å². The van der Waals surface area contributed by atoms with Gasteiger partial charge in [0.05, 0.1) is 27.7 Å². The van der Waals surface area contributed by atoms with Crippen molar-refractivity contribution in [3.8, 4) is 5.75 Å². The van der Waals surface area contributed by atoms with E-state index in [1.54, 1.807) is 18.2 Å². The molecule has 1 aliphatic rings. The molecule has 162 valence electrons. The average molecular weight is 544 g/mol. The molecule has 2 aromatic carbocycles. The molecule has 1 amide bonds. The third-order valence-corrected chi connectivity index (χ3v) is 6.91. The van der Waals surface area contributed by atoms with Crippen LogP contribution in [-0.2, 0) is 14.3 Å². The monoisotopic (exact) mass is 542 g/mol. The molecule has 0 bridgehead atoms. The summed E-state index contributed by atoms with van der Waals surface area (Å²) in [5, 5.41) is 3.66. The Morgan fingerprint density at radius 3 is 2.39 bits per heavy atom. The third-order valence-electron chi connectivity index (χ3n) is 4.18. The van der Waals surface area contributed by atoms with Gasteiger partial charge in [-0.1, -0.05) is 39.1 Å². The normalized spacial score (nSPS) is 16.0. The fourth-order valence-corrected chi connectivity index (χ4v) is 4.41. The maximum atomic E-state index is 12.4. The first-order chi connectivity index (χ1) is 14.7. The number of hydrogen-bond acceptors (Lipinski definition) is 6. The van der Waals surface area contributed by atoms with Gasteiger partial charge in [0.25, 0.3) is 5.91 Å². The predicted octanol–water partition coefficient (Wildman–Crippen LogP) is 5.82. The smallest absolute Gasteiger partial charge is 0.343 e. The predicted molar refractivity (Wildman–Crippen MR) is 128 cm³/mol. The molecular formula is C21H17BrCl2N2O4S. The number of rotatable bonds is 5. The highest BCUT2D eigenvalue weighted by Crippen LogP contribution is 2.36. The standard InChI is InChI=1S/C21H17BrCl2N2O4S/c1-10-4-13(5-11(2)18(10)22)25-21-26-20(28)16(31-21)8-12-6-14(23)19(15(24)7-12)30-9-17(27)29-3/h4-8H,9H2,1-3H3,(H,25,26,28)/b16-8-. The molecule has 0 aliphatic carbocycles. The number of nitrogens with zero attached hydrogens (tertiary/aromatic N) is 1. The molecule has 1 saturated heterocycles. The van der Waals surface area contributed by atoms with Gasteiger partial charge in [-0.25, -0.2) is 9.79 Å². The number of amides is 1. The minimum Gasteiger partial charge on any atom is -0.479 e. The summed E-state index contributed by atoms with van der Waals surface area (Å²) in [7, 11) is 1.26. The number of halogens is 3. The number of carbonyl (C=O) groups is 2. The Labute approximate surface area is 202 Å².